The van der Waals surface area contributed by atoms with Crippen LogP contribution in [0.15, 0.2) is 36.4 Å². The molecule has 3 aromatic rings. The van der Waals surface area contributed by atoms with Crippen molar-refractivity contribution in [1.29, 1.82) is 0 Å². The average Bonchev–Trinajstić information content (AvgIpc) is 2.98. The summed E-state index contributed by atoms with van der Waals surface area (Å²) in [6.45, 7) is 4.02. The van der Waals surface area contributed by atoms with Crippen molar-refractivity contribution in [3.63, 3.8) is 0 Å². The summed E-state index contributed by atoms with van der Waals surface area (Å²) in [4.78, 5) is 13.4. The maximum Gasteiger partial charge on any atom is 0.224 e. The summed E-state index contributed by atoms with van der Waals surface area (Å²) in [5.74, 6) is 0.0221. The van der Waals surface area contributed by atoms with Crippen molar-refractivity contribution in [3.8, 4) is 5.69 Å². The van der Waals surface area contributed by atoms with E-state index in [2.05, 4.69) is 22.4 Å². The summed E-state index contributed by atoms with van der Waals surface area (Å²) >= 11 is 6.17. The lowest BCUT2D eigenvalue weighted by atomic mass is 10.2. The Morgan fingerprint density at radius 2 is 1.96 bits per heavy atom. The maximum atomic E-state index is 11.8. The fourth-order valence-corrected chi connectivity index (χ4v) is 2.55. The van der Waals surface area contributed by atoms with Crippen molar-refractivity contribution >= 4 is 34.2 Å². The van der Waals surface area contributed by atoms with E-state index in [0.29, 0.717) is 11.4 Å². The molecule has 0 spiro atoms. The molecular formula is C18H19ClN4O. The Balaban J connectivity index is 1.86. The summed E-state index contributed by atoms with van der Waals surface area (Å²) < 4.78 is 0. The number of aryl methyl sites for hydroxylation is 1. The van der Waals surface area contributed by atoms with E-state index in [1.807, 2.05) is 43.3 Å². The molecule has 1 heterocycles. The van der Waals surface area contributed by atoms with E-state index >= 15 is 0 Å². The summed E-state index contributed by atoms with van der Waals surface area (Å²) in [6.07, 6.45) is 2.42. The van der Waals surface area contributed by atoms with Crippen LogP contribution in [0.1, 0.15) is 31.7 Å². The van der Waals surface area contributed by atoms with E-state index in [4.69, 9.17) is 11.6 Å². The lowest BCUT2D eigenvalue weighted by Gasteiger charge is -2.03. The molecule has 0 saturated carbocycles. The Kier molecular flexibility index (Phi) is 4.81. The van der Waals surface area contributed by atoms with Gasteiger partial charge in [0.25, 0.3) is 0 Å². The highest BCUT2D eigenvalue weighted by Gasteiger charge is 2.08. The van der Waals surface area contributed by atoms with Gasteiger partial charge < -0.3 is 5.32 Å². The number of benzene rings is 2. The number of rotatable bonds is 5. The van der Waals surface area contributed by atoms with E-state index < -0.39 is 0 Å². The molecule has 0 unspecified atom stereocenters. The largest absolute Gasteiger partial charge is 0.326 e. The Bertz CT molecular complexity index is 888. The normalized spacial score (nSPS) is 11.0. The molecule has 0 aliphatic rings. The van der Waals surface area contributed by atoms with Crippen LogP contribution in [0, 0.1) is 6.92 Å². The number of carbonyl (C=O) groups is 1. The van der Waals surface area contributed by atoms with Crippen LogP contribution in [-0.4, -0.2) is 20.9 Å². The second-order valence-corrected chi connectivity index (χ2v) is 6.19. The van der Waals surface area contributed by atoms with Crippen molar-refractivity contribution < 1.29 is 4.79 Å². The van der Waals surface area contributed by atoms with Crippen LogP contribution in [0.25, 0.3) is 16.7 Å². The van der Waals surface area contributed by atoms with E-state index in [9.17, 15) is 4.79 Å². The number of halogens is 1. The van der Waals surface area contributed by atoms with Crippen LogP contribution in [0.5, 0.6) is 0 Å². The zero-order valence-electron chi connectivity index (χ0n) is 13.7. The van der Waals surface area contributed by atoms with Crippen molar-refractivity contribution in [3.05, 3.63) is 47.0 Å². The first-order valence-corrected chi connectivity index (χ1v) is 8.38. The number of carbonyl (C=O) groups excluding carboxylic acids is 1. The van der Waals surface area contributed by atoms with E-state index in [1.165, 1.54) is 0 Å². The second kappa shape index (κ2) is 7.01. The SMILES string of the molecule is CCCCC(=O)Nc1ccc2nn(-c3ccc(C)c(Cl)c3)nc2c1. The Labute approximate surface area is 145 Å². The van der Waals surface area contributed by atoms with Gasteiger partial charge in [0.2, 0.25) is 5.91 Å². The van der Waals surface area contributed by atoms with Gasteiger partial charge >= 0.3 is 0 Å². The van der Waals surface area contributed by atoms with Crippen LogP contribution in [0.3, 0.4) is 0 Å². The Hall–Kier alpha value is -2.40. The number of unbranched alkanes of at least 4 members (excludes halogenated alkanes) is 1. The first-order chi connectivity index (χ1) is 11.6. The third-order valence-corrected chi connectivity index (χ3v) is 4.22. The Morgan fingerprint density at radius 3 is 2.71 bits per heavy atom. The number of hydrogen-bond donors (Lipinski definition) is 1. The zero-order valence-corrected chi connectivity index (χ0v) is 14.5. The summed E-state index contributed by atoms with van der Waals surface area (Å²) in [5, 5.41) is 12.5. The standard InChI is InChI=1S/C18H19ClN4O/c1-3-4-5-18(24)20-13-7-9-16-17(10-13)22-23(21-16)14-8-6-12(2)15(19)11-14/h6-11H,3-5H2,1-2H3,(H,20,24). The molecule has 2 aromatic carbocycles. The van der Waals surface area contributed by atoms with Gasteiger partial charge in [0.15, 0.2) is 0 Å². The van der Waals surface area contributed by atoms with Crippen molar-refractivity contribution in [2.24, 2.45) is 0 Å². The van der Waals surface area contributed by atoms with Crippen molar-refractivity contribution in [2.75, 3.05) is 5.32 Å². The molecule has 1 N–H and O–H groups in total. The monoisotopic (exact) mass is 342 g/mol. The van der Waals surface area contributed by atoms with Gasteiger partial charge in [-0.1, -0.05) is 31.0 Å². The zero-order chi connectivity index (χ0) is 17.1. The second-order valence-electron chi connectivity index (χ2n) is 5.78. The third-order valence-electron chi connectivity index (χ3n) is 3.81. The van der Waals surface area contributed by atoms with Crippen LogP contribution < -0.4 is 5.32 Å². The first kappa shape index (κ1) is 16.5. The van der Waals surface area contributed by atoms with Gasteiger partial charge in [0, 0.05) is 17.1 Å². The van der Waals surface area contributed by atoms with Crippen LogP contribution in [-0.2, 0) is 4.79 Å². The first-order valence-electron chi connectivity index (χ1n) is 8.00. The lowest BCUT2D eigenvalue weighted by Crippen LogP contribution is -2.10. The van der Waals surface area contributed by atoms with Crippen LogP contribution >= 0.6 is 11.6 Å². The number of hydrogen-bond acceptors (Lipinski definition) is 3. The number of fused-ring (bicyclic) bond motifs is 1. The van der Waals surface area contributed by atoms with Crippen LogP contribution in [0.4, 0.5) is 5.69 Å². The molecule has 0 aliphatic carbocycles. The highest BCUT2D eigenvalue weighted by molar-refractivity contribution is 6.31. The topological polar surface area (TPSA) is 59.8 Å². The summed E-state index contributed by atoms with van der Waals surface area (Å²) in [5.41, 5.74) is 4.03. The number of nitrogens with one attached hydrogen (secondary N) is 1. The molecule has 6 heteroatoms. The predicted molar refractivity (Wildman–Crippen MR) is 96.8 cm³/mol. The molecular weight excluding hydrogens is 324 g/mol. The van der Waals surface area contributed by atoms with Gasteiger partial charge in [0.1, 0.15) is 11.0 Å². The van der Waals surface area contributed by atoms with E-state index in [1.54, 1.807) is 4.80 Å². The smallest absolute Gasteiger partial charge is 0.224 e. The molecule has 1 aromatic heterocycles. The highest BCUT2D eigenvalue weighted by atomic mass is 35.5. The molecule has 24 heavy (non-hydrogen) atoms. The average molecular weight is 343 g/mol. The summed E-state index contributed by atoms with van der Waals surface area (Å²) in [7, 11) is 0. The van der Waals surface area contributed by atoms with Crippen molar-refractivity contribution in [1.82, 2.24) is 15.0 Å². The molecule has 0 radical (unpaired) electrons. The van der Waals surface area contributed by atoms with Gasteiger partial charge in [-0.3, -0.25) is 4.79 Å². The fourth-order valence-electron chi connectivity index (χ4n) is 2.37. The predicted octanol–water partition coefficient (Wildman–Crippen LogP) is 4.51. The maximum absolute atomic E-state index is 11.8. The molecule has 124 valence electrons. The molecule has 0 saturated heterocycles. The summed E-state index contributed by atoms with van der Waals surface area (Å²) in [6, 6.07) is 11.2. The van der Waals surface area contributed by atoms with Gasteiger partial charge in [-0.05, 0) is 49.2 Å². The van der Waals surface area contributed by atoms with E-state index in [0.717, 1.165) is 40.8 Å². The van der Waals surface area contributed by atoms with Gasteiger partial charge in [-0.25, -0.2) is 0 Å². The number of nitrogens with zero attached hydrogens (tertiary/aromatic N) is 3. The van der Waals surface area contributed by atoms with Crippen LogP contribution in [0.2, 0.25) is 5.02 Å². The van der Waals surface area contributed by atoms with Gasteiger partial charge in [0.05, 0.1) is 5.69 Å². The third kappa shape index (κ3) is 3.57. The van der Waals surface area contributed by atoms with Gasteiger partial charge in [-0.15, -0.1) is 10.2 Å². The minimum absolute atomic E-state index is 0.0221. The number of anilines is 1. The molecule has 0 atom stereocenters. The molecule has 3 rings (SSSR count). The van der Waals surface area contributed by atoms with E-state index in [-0.39, 0.29) is 5.91 Å². The molecule has 0 bridgehead atoms. The molecule has 5 nitrogen and oxygen atoms in total. The quantitative estimate of drug-likeness (QED) is 0.742. The van der Waals surface area contributed by atoms with Gasteiger partial charge in [-0.2, -0.15) is 4.80 Å². The fraction of sp³-hybridized carbons (Fsp3) is 0.278. The molecule has 0 fully saturated rings. The number of aromatic nitrogens is 3. The molecule has 1 amide bonds. The minimum atomic E-state index is 0.0221. The number of amides is 1. The highest BCUT2D eigenvalue weighted by Crippen LogP contribution is 2.21. The van der Waals surface area contributed by atoms with Crippen molar-refractivity contribution in [2.45, 2.75) is 33.1 Å². The minimum Gasteiger partial charge on any atom is -0.326 e. The Morgan fingerprint density at radius 1 is 1.17 bits per heavy atom. The lowest BCUT2D eigenvalue weighted by molar-refractivity contribution is -0.116. The molecule has 0 aliphatic heterocycles.